The van der Waals surface area contributed by atoms with Crippen LogP contribution in [0.3, 0.4) is 0 Å². The zero-order valence-corrected chi connectivity index (χ0v) is 16.3. The number of nitrogens with one attached hydrogen (secondary N) is 2. The molecule has 0 aliphatic rings. The molecule has 22 heavy (non-hydrogen) atoms. The molecule has 0 saturated heterocycles. The van der Waals surface area contributed by atoms with Gasteiger partial charge in [-0.3, -0.25) is 4.98 Å². The molecule has 1 aromatic carbocycles. The molecule has 0 saturated carbocycles. The van der Waals surface area contributed by atoms with Crippen LogP contribution in [0.5, 0.6) is 0 Å². The van der Waals surface area contributed by atoms with Gasteiger partial charge in [-0.25, -0.2) is 0 Å². The number of pyridine rings is 1. The SMILES string of the molecule is CC(=N)c1ccc(/C=C/c2c(Cl)cncc2Cl)cc1NPI. The maximum Gasteiger partial charge on any atom is 0.0676 e. The molecule has 2 rings (SSSR count). The number of rotatable bonds is 5. The summed E-state index contributed by atoms with van der Waals surface area (Å²) in [7, 11) is 0. The summed E-state index contributed by atoms with van der Waals surface area (Å²) in [6.45, 7) is 1.78. The van der Waals surface area contributed by atoms with Crippen LogP contribution >= 0.6 is 51.6 Å². The van der Waals surface area contributed by atoms with Crippen LogP contribution in [-0.2, 0) is 0 Å². The summed E-state index contributed by atoms with van der Waals surface area (Å²) in [4.78, 5) is 3.94. The van der Waals surface area contributed by atoms with E-state index in [9.17, 15) is 0 Å². The van der Waals surface area contributed by atoms with Crippen molar-refractivity contribution in [2.24, 2.45) is 0 Å². The smallest absolute Gasteiger partial charge is 0.0676 e. The molecule has 1 unspecified atom stereocenters. The van der Waals surface area contributed by atoms with Crippen LogP contribution in [0.25, 0.3) is 12.2 Å². The van der Waals surface area contributed by atoms with Crippen molar-refractivity contribution in [3.05, 3.63) is 57.3 Å². The van der Waals surface area contributed by atoms with E-state index in [0.29, 0.717) is 22.1 Å². The highest BCUT2D eigenvalue weighted by Crippen LogP contribution is 2.29. The first-order valence-corrected chi connectivity index (χ1v) is 11.2. The van der Waals surface area contributed by atoms with Gasteiger partial charge in [0.05, 0.1) is 10.0 Å². The Bertz CT molecular complexity index is 714. The topological polar surface area (TPSA) is 48.8 Å². The molecule has 0 bridgehead atoms. The number of halogens is 3. The van der Waals surface area contributed by atoms with Crippen LogP contribution in [0.4, 0.5) is 5.69 Å². The van der Waals surface area contributed by atoms with Crippen LogP contribution in [0.1, 0.15) is 23.6 Å². The quantitative estimate of drug-likeness (QED) is 0.310. The Kier molecular flexibility index (Phi) is 6.63. The Morgan fingerprint density at radius 3 is 2.55 bits per heavy atom. The third kappa shape index (κ3) is 4.42. The van der Waals surface area contributed by atoms with E-state index in [2.05, 4.69) is 32.1 Å². The zero-order chi connectivity index (χ0) is 16.1. The van der Waals surface area contributed by atoms with Gasteiger partial charge < -0.3 is 10.5 Å². The van der Waals surface area contributed by atoms with Gasteiger partial charge in [-0.15, -0.1) is 0 Å². The van der Waals surface area contributed by atoms with Crippen molar-refractivity contribution in [3.63, 3.8) is 0 Å². The Morgan fingerprint density at radius 2 is 1.95 bits per heavy atom. The van der Waals surface area contributed by atoms with Crippen molar-refractivity contribution in [1.29, 1.82) is 5.41 Å². The summed E-state index contributed by atoms with van der Waals surface area (Å²) >= 11 is 14.5. The molecule has 0 radical (unpaired) electrons. The molecule has 0 amide bonds. The van der Waals surface area contributed by atoms with Gasteiger partial charge in [-0.05, 0) is 40.6 Å². The Labute approximate surface area is 154 Å². The Hall–Kier alpha value is -0.680. The maximum absolute atomic E-state index is 7.82. The van der Waals surface area contributed by atoms with Crippen molar-refractivity contribution in [3.8, 4) is 0 Å². The van der Waals surface area contributed by atoms with E-state index < -0.39 is 0 Å². The predicted octanol–water partition coefficient (Wildman–Crippen LogP) is 6.30. The maximum atomic E-state index is 7.82. The van der Waals surface area contributed by atoms with E-state index in [-0.39, 0.29) is 0 Å². The van der Waals surface area contributed by atoms with E-state index >= 15 is 0 Å². The molecule has 0 spiro atoms. The minimum absolute atomic E-state index is 0.516. The summed E-state index contributed by atoms with van der Waals surface area (Å²) in [5.74, 6) is 0. The second kappa shape index (κ2) is 8.25. The molecule has 1 atom stereocenters. The first-order chi connectivity index (χ1) is 10.5. The number of nitrogens with zero attached hydrogens (tertiary/aromatic N) is 1. The van der Waals surface area contributed by atoms with Crippen LogP contribution < -0.4 is 5.09 Å². The molecule has 1 aromatic heterocycles. The molecule has 0 fully saturated rings. The Balaban J connectivity index is 2.35. The molecule has 1 heterocycles. The molecule has 114 valence electrons. The van der Waals surface area contributed by atoms with Gasteiger partial charge in [0.1, 0.15) is 0 Å². The van der Waals surface area contributed by atoms with Gasteiger partial charge in [-0.1, -0.05) is 47.5 Å². The number of hydrogen-bond donors (Lipinski definition) is 2. The first-order valence-electron chi connectivity index (χ1n) is 6.31. The van der Waals surface area contributed by atoms with E-state index in [0.717, 1.165) is 22.4 Å². The van der Waals surface area contributed by atoms with Gasteiger partial charge in [0, 0.05) is 41.3 Å². The number of benzene rings is 1. The zero-order valence-electron chi connectivity index (χ0n) is 11.6. The highest BCUT2D eigenvalue weighted by molar-refractivity contribution is 14.2. The molecule has 2 N–H and O–H groups in total. The monoisotopic (exact) mass is 463 g/mol. The third-order valence-corrected chi connectivity index (χ3v) is 4.74. The highest BCUT2D eigenvalue weighted by Gasteiger charge is 2.05. The van der Waals surface area contributed by atoms with Gasteiger partial charge >= 0.3 is 0 Å². The normalized spacial score (nSPS) is 11.5. The molecule has 2 aromatic rings. The summed E-state index contributed by atoms with van der Waals surface area (Å²) in [6, 6.07) is 5.92. The van der Waals surface area contributed by atoms with Crippen LogP contribution in [0, 0.1) is 5.41 Å². The van der Waals surface area contributed by atoms with E-state index in [4.69, 9.17) is 28.6 Å². The fraction of sp³-hybridized carbons (Fsp3) is 0.0667. The minimum atomic E-state index is 0.516. The van der Waals surface area contributed by atoms with E-state index in [1.54, 1.807) is 19.3 Å². The predicted molar refractivity (Wildman–Crippen MR) is 108 cm³/mol. The third-order valence-electron chi connectivity index (χ3n) is 2.96. The molecule has 0 aliphatic heterocycles. The van der Waals surface area contributed by atoms with Crippen molar-refractivity contribution < 1.29 is 0 Å². The summed E-state index contributed by atoms with van der Waals surface area (Å²) in [5.41, 5.74) is 4.14. The fourth-order valence-corrected chi connectivity index (χ4v) is 3.58. The number of aromatic nitrogens is 1. The van der Waals surface area contributed by atoms with Gasteiger partial charge in [0.2, 0.25) is 0 Å². The van der Waals surface area contributed by atoms with Crippen molar-refractivity contribution in [2.45, 2.75) is 6.92 Å². The number of hydrogen-bond acceptors (Lipinski definition) is 3. The van der Waals surface area contributed by atoms with Crippen LogP contribution in [-0.4, -0.2) is 10.7 Å². The van der Waals surface area contributed by atoms with E-state index in [1.807, 2.05) is 30.4 Å². The first kappa shape index (κ1) is 17.7. The molecule has 0 aliphatic carbocycles. The van der Waals surface area contributed by atoms with Gasteiger partial charge in [0.25, 0.3) is 0 Å². The number of anilines is 1. The second-order valence-electron chi connectivity index (χ2n) is 4.50. The lowest BCUT2D eigenvalue weighted by Crippen LogP contribution is -1.97. The highest BCUT2D eigenvalue weighted by atomic mass is 127. The van der Waals surface area contributed by atoms with Crippen LogP contribution in [0.2, 0.25) is 10.0 Å². The second-order valence-corrected chi connectivity index (χ2v) is 7.37. The summed E-state index contributed by atoms with van der Waals surface area (Å²) < 4.78 is 0. The van der Waals surface area contributed by atoms with Crippen LogP contribution in [0.15, 0.2) is 30.6 Å². The van der Waals surface area contributed by atoms with Gasteiger partial charge in [0.15, 0.2) is 0 Å². The average Bonchev–Trinajstić information content (AvgIpc) is 2.47. The van der Waals surface area contributed by atoms with Crippen molar-refractivity contribution in [2.75, 3.05) is 5.09 Å². The molecular formula is C15H13Cl2IN3P. The standard InChI is InChI=1S/C15H13Cl2IN3P/c1-9(19)11-4-2-10(6-15(11)21-22-18)3-5-12-13(16)7-20-8-14(12)17/h2-8,19,21-22H,1H3/b5-3+,19-9?. The lowest BCUT2D eigenvalue weighted by molar-refractivity contribution is 1.32. The fourth-order valence-electron chi connectivity index (χ4n) is 1.91. The van der Waals surface area contributed by atoms with Crippen molar-refractivity contribution in [1.82, 2.24) is 4.98 Å². The Morgan fingerprint density at radius 1 is 1.27 bits per heavy atom. The minimum Gasteiger partial charge on any atom is -0.358 e. The van der Waals surface area contributed by atoms with E-state index in [1.165, 1.54) is 0 Å². The largest absolute Gasteiger partial charge is 0.358 e. The summed E-state index contributed by atoms with van der Waals surface area (Å²) in [6.07, 6.45) is 7.49. The lowest BCUT2D eigenvalue weighted by Gasteiger charge is -2.10. The lowest BCUT2D eigenvalue weighted by atomic mass is 10.1. The molecule has 3 nitrogen and oxygen atoms in total. The average molecular weight is 464 g/mol. The van der Waals surface area contributed by atoms with Gasteiger partial charge in [-0.2, -0.15) is 0 Å². The van der Waals surface area contributed by atoms with Crippen molar-refractivity contribution >= 4 is 75.2 Å². The molecule has 7 heteroatoms. The summed E-state index contributed by atoms with van der Waals surface area (Å²) in [5, 5.41) is 12.1. The molecular weight excluding hydrogens is 451 g/mol.